The molecule has 38 heavy (non-hydrogen) atoms. The van der Waals surface area contributed by atoms with Crippen molar-refractivity contribution in [2.45, 2.75) is 52.5 Å². The monoisotopic (exact) mass is 517 g/mol. The summed E-state index contributed by atoms with van der Waals surface area (Å²) in [5.41, 5.74) is 18.0. The molecule has 0 bridgehead atoms. The Hall–Kier alpha value is -4.24. The lowest BCUT2D eigenvalue weighted by atomic mass is 9.99. The lowest BCUT2D eigenvalue weighted by molar-refractivity contribution is -0.117. The van der Waals surface area contributed by atoms with Crippen LogP contribution in [0.25, 0.3) is 11.6 Å². The minimum absolute atomic E-state index is 0.0336. The number of anilines is 3. The number of aromatic nitrogens is 1. The Morgan fingerprint density at radius 1 is 1.11 bits per heavy atom. The Bertz CT molecular complexity index is 1460. The van der Waals surface area contributed by atoms with Crippen molar-refractivity contribution in [3.63, 3.8) is 0 Å². The van der Waals surface area contributed by atoms with Gasteiger partial charge in [-0.25, -0.2) is 4.39 Å². The number of nitrogen functional groups attached to an aromatic ring is 1. The number of halogens is 1. The molecule has 0 saturated carbocycles. The summed E-state index contributed by atoms with van der Waals surface area (Å²) in [6, 6.07) is 8.80. The molecule has 0 aliphatic carbocycles. The first-order valence-corrected chi connectivity index (χ1v) is 12.5. The molecule has 1 aromatic heterocycles. The fourth-order valence-electron chi connectivity index (χ4n) is 4.71. The van der Waals surface area contributed by atoms with Crippen molar-refractivity contribution in [3.8, 4) is 0 Å². The Balaban J connectivity index is 1.35. The number of aryl methyl sites for hydroxylation is 2. The maximum Gasteiger partial charge on any atom is 0.256 e. The second-order valence-corrected chi connectivity index (χ2v) is 9.72. The highest BCUT2D eigenvalue weighted by molar-refractivity contribution is 6.35. The van der Waals surface area contributed by atoms with E-state index in [4.69, 9.17) is 11.5 Å². The molecule has 8 nitrogen and oxygen atoms in total. The molecule has 0 spiro atoms. The minimum atomic E-state index is -0.718. The standard InChI is InChI=1S/C29H32FN5O3/c1-15-8-10-24(22(32)12-15)35-29(38)21(31)6-4-5-7-26(36)27-16(2)25(33-17(27)3)14-20-19-13-18(30)9-11-23(19)34-28(20)37/h8-14,21,33H,4-7,31-32H2,1-3H3,(H,34,37)(H,35,38)/b20-14-. The van der Waals surface area contributed by atoms with Crippen LogP contribution in [-0.4, -0.2) is 28.6 Å². The quantitative estimate of drug-likeness (QED) is 0.119. The zero-order chi connectivity index (χ0) is 27.6. The molecular weight excluding hydrogens is 485 g/mol. The van der Waals surface area contributed by atoms with Crippen molar-refractivity contribution in [1.29, 1.82) is 0 Å². The van der Waals surface area contributed by atoms with Crippen LogP contribution in [0.4, 0.5) is 21.5 Å². The van der Waals surface area contributed by atoms with Gasteiger partial charge in [0.15, 0.2) is 5.78 Å². The smallest absolute Gasteiger partial charge is 0.256 e. The van der Waals surface area contributed by atoms with Gasteiger partial charge in [-0.2, -0.15) is 0 Å². The van der Waals surface area contributed by atoms with Gasteiger partial charge in [0.05, 0.1) is 23.0 Å². The van der Waals surface area contributed by atoms with Crippen LogP contribution < -0.4 is 22.1 Å². The van der Waals surface area contributed by atoms with E-state index in [1.807, 2.05) is 26.8 Å². The summed E-state index contributed by atoms with van der Waals surface area (Å²) in [5, 5.41) is 5.49. The number of nitrogens with one attached hydrogen (secondary N) is 3. The average Bonchev–Trinajstić information content (AvgIpc) is 3.32. The number of amides is 2. The molecule has 1 atom stereocenters. The number of H-pyrrole nitrogens is 1. The third kappa shape index (κ3) is 5.68. The summed E-state index contributed by atoms with van der Waals surface area (Å²) >= 11 is 0. The van der Waals surface area contributed by atoms with Gasteiger partial charge in [0.25, 0.3) is 5.91 Å². The van der Waals surface area contributed by atoms with Crippen molar-refractivity contribution in [2.24, 2.45) is 5.73 Å². The molecule has 0 fully saturated rings. The van der Waals surface area contributed by atoms with E-state index in [9.17, 15) is 18.8 Å². The van der Waals surface area contributed by atoms with Crippen LogP contribution in [0.1, 0.15) is 64.1 Å². The number of unbranched alkanes of at least 4 members (excludes halogenated alkanes) is 1. The zero-order valence-electron chi connectivity index (χ0n) is 21.7. The van der Waals surface area contributed by atoms with Crippen LogP contribution in [0.2, 0.25) is 0 Å². The van der Waals surface area contributed by atoms with E-state index in [0.29, 0.717) is 70.8 Å². The van der Waals surface area contributed by atoms with E-state index in [1.165, 1.54) is 18.2 Å². The summed E-state index contributed by atoms with van der Waals surface area (Å²) in [7, 11) is 0. The van der Waals surface area contributed by atoms with E-state index >= 15 is 0 Å². The summed E-state index contributed by atoms with van der Waals surface area (Å²) in [5.74, 6) is -1.11. The second kappa shape index (κ2) is 11.0. The fourth-order valence-corrected chi connectivity index (χ4v) is 4.71. The molecule has 2 aromatic carbocycles. The number of Topliss-reactive ketones (excluding diaryl/α,β-unsaturated/α-hetero) is 1. The van der Waals surface area contributed by atoms with Crippen LogP contribution in [0.3, 0.4) is 0 Å². The van der Waals surface area contributed by atoms with Crippen molar-refractivity contribution < 1.29 is 18.8 Å². The molecule has 7 N–H and O–H groups in total. The first-order valence-electron chi connectivity index (χ1n) is 12.5. The average molecular weight is 518 g/mol. The molecule has 3 aromatic rings. The van der Waals surface area contributed by atoms with E-state index in [2.05, 4.69) is 15.6 Å². The van der Waals surface area contributed by atoms with Crippen molar-refractivity contribution >= 4 is 46.3 Å². The second-order valence-electron chi connectivity index (χ2n) is 9.72. The van der Waals surface area contributed by atoms with E-state index < -0.39 is 11.9 Å². The maximum absolute atomic E-state index is 13.8. The first kappa shape index (κ1) is 26.8. The molecule has 4 rings (SSSR count). The van der Waals surface area contributed by atoms with Crippen molar-refractivity contribution in [3.05, 3.63) is 75.9 Å². The predicted molar refractivity (Wildman–Crippen MR) is 148 cm³/mol. The molecule has 198 valence electrons. The first-order chi connectivity index (χ1) is 18.0. The SMILES string of the molecule is Cc1ccc(NC(=O)C(N)CCCCC(=O)c2c(C)[nH]c(/C=C3\C(=O)Nc4ccc(F)cc43)c2C)c(N)c1. The number of hydrogen-bond donors (Lipinski definition) is 5. The molecule has 0 saturated heterocycles. The van der Waals surface area contributed by atoms with Crippen molar-refractivity contribution in [1.82, 2.24) is 4.98 Å². The van der Waals surface area contributed by atoms with Crippen LogP contribution in [0.5, 0.6) is 0 Å². The molecule has 9 heteroatoms. The summed E-state index contributed by atoms with van der Waals surface area (Å²) in [6.45, 7) is 5.54. The van der Waals surface area contributed by atoms with Crippen LogP contribution in [-0.2, 0) is 9.59 Å². The summed E-state index contributed by atoms with van der Waals surface area (Å²) in [4.78, 5) is 41.1. The normalized spacial score (nSPS) is 14.3. The highest BCUT2D eigenvalue weighted by atomic mass is 19.1. The Morgan fingerprint density at radius 3 is 2.61 bits per heavy atom. The van der Waals surface area contributed by atoms with Gasteiger partial charge in [-0.3, -0.25) is 14.4 Å². The van der Waals surface area contributed by atoms with Crippen LogP contribution in [0, 0.1) is 26.6 Å². The van der Waals surface area contributed by atoms with Gasteiger partial charge >= 0.3 is 0 Å². The summed E-state index contributed by atoms with van der Waals surface area (Å²) in [6.07, 6.45) is 3.55. The molecular formula is C29H32FN5O3. The predicted octanol–water partition coefficient (Wildman–Crippen LogP) is 4.86. The number of carbonyl (C=O) groups excluding carboxylic acids is 3. The number of carbonyl (C=O) groups is 3. The number of rotatable bonds is 9. The van der Waals surface area contributed by atoms with E-state index in [1.54, 1.807) is 18.2 Å². The highest BCUT2D eigenvalue weighted by Gasteiger charge is 2.26. The Kier molecular flexibility index (Phi) is 7.78. The topological polar surface area (TPSA) is 143 Å². The Morgan fingerprint density at radius 2 is 1.87 bits per heavy atom. The number of benzene rings is 2. The molecule has 2 heterocycles. The van der Waals surface area contributed by atoms with Gasteiger partial charge in [-0.15, -0.1) is 0 Å². The van der Waals surface area contributed by atoms with Crippen LogP contribution in [0.15, 0.2) is 36.4 Å². The number of nitrogens with two attached hydrogens (primary N) is 2. The Labute approximate surface area is 220 Å². The lowest BCUT2D eigenvalue weighted by Gasteiger charge is -2.14. The molecule has 1 aliphatic heterocycles. The zero-order valence-corrected chi connectivity index (χ0v) is 21.7. The lowest BCUT2D eigenvalue weighted by Crippen LogP contribution is -2.35. The van der Waals surface area contributed by atoms with E-state index in [0.717, 1.165) is 11.1 Å². The number of ketones is 1. The van der Waals surface area contributed by atoms with Gasteiger partial charge < -0.3 is 27.1 Å². The number of hydrogen-bond acceptors (Lipinski definition) is 5. The van der Waals surface area contributed by atoms with Gasteiger partial charge in [0, 0.05) is 34.6 Å². The molecule has 2 amide bonds. The molecule has 1 unspecified atom stereocenters. The third-order valence-electron chi connectivity index (χ3n) is 6.78. The third-order valence-corrected chi connectivity index (χ3v) is 6.78. The molecule has 1 aliphatic rings. The molecule has 0 radical (unpaired) electrons. The van der Waals surface area contributed by atoms with Gasteiger partial charge in [-0.1, -0.05) is 12.5 Å². The maximum atomic E-state index is 13.8. The van der Waals surface area contributed by atoms with E-state index in [-0.39, 0.29) is 17.6 Å². The van der Waals surface area contributed by atoms with Crippen molar-refractivity contribution in [2.75, 3.05) is 16.4 Å². The van der Waals surface area contributed by atoms with Gasteiger partial charge in [-0.05, 0) is 81.1 Å². The van der Waals surface area contributed by atoms with Crippen LogP contribution >= 0.6 is 0 Å². The number of fused-ring (bicyclic) bond motifs is 1. The van der Waals surface area contributed by atoms with Gasteiger partial charge in [0.2, 0.25) is 5.91 Å². The largest absolute Gasteiger partial charge is 0.397 e. The highest BCUT2D eigenvalue weighted by Crippen LogP contribution is 2.34. The number of aromatic amines is 1. The fraction of sp³-hybridized carbons (Fsp3) is 0.276. The minimum Gasteiger partial charge on any atom is -0.397 e. The summed E-state index contributed by atoms with van der Waals surface area (Å²) < 4.78 is 13.8. The van der Waals surface area contributed by atoms with Gasteiger partial charge in [0.1, 0.15) is 5.82 Å².